The van der Waals surface area contributed by atoms with Crippen LogP contribution in [-0.4, -0.2) is 27.1 Å². The van der Waals surface area contributed by atoms with Crippen molar-refractivity contribution in [3.05, 3.63) is 36.5 Å². The molecule has 2 aromatic heterocycles. The van der Waals surface area contributed by atoms with E-state index in [0.29, 0.717) is 5.46 Å². The Kier molecular flexibility index (Phi) is 1.95. The molecular formula is C11H9BN2O2. The van der Waals surface area contributed by atoms with E-state index in [9.17, 15) is 0 Å². The second-order valence-corrected chi connectivity index (χ2v) is 3.70. The molecule has 3 N–H and O–H groups in total. The molecule has 0 bridgehead atoms. The predicted molar refractivity (Wildman–Crippen MR) is 63.4 cm³/mol. The Bertz CT molecular complexity index is 663. The van der Waals surface area contributed by atoms with Crippen LogP contribution in [0.3, 0.4) is 0 Å². The quantitative estimate of drug-likeness (QED) is 0.511. The summed E-state index contributed by atoms with van der Waals surface area (Å²) in [6, 6.07) is 9.08. The van der Waals surface area contributed by atoms with Crippen molar-refractivity contribution in [2.45, 2.75) is 0 Å². The van der Waals surface area contributed by atoms with E-state index in [0.717, 1.165) is 21.9 Å². The topological polar surface area (TPSA) is 69.1 Å². The molecule has 0 radical (unpaired) electrons. The van der Waals surface area contributed by atoms with Crippen LogP contribution in [0.5, 0.6) is 0 Å². The molecule has 2 heterocycles. The molecule has 0 aliphatic heterocycles. The van der Waals surface area contributed by atoms with Crippen molar-refractivity contribution >= 4 is 34.5 Å². The van der Waals surface area contributed by atoms with Crippen LogP contribution in [0.2, 0.25) is 0 Å². The van der Waals surface area contributed by atoms with Crippen molar-refractivity contribution in [2.75, 3.05) is 0 Å². The van der Waals surface area contributed by atoms with Gasteiger partial charge in [-0.1, -0.05) is 12.1 Å². The van der Waals surface area contributed by atoms with E-state index < -0.39 is 7.12 Å². The van der Waals surface area contributed by atoms with Crippen molar-refractivity contribution in [1.82, 2.24) is 9.97 Å². The maximum atomic E-state index is 9.12. The van der Waals surface area contributed by atoms with E-state index in [1.54, 1.807) is 18.3 Å². The highest BCUT2D eigenvalue weighted by Crippen LogP contribution is 2.22. The molecule has 0 amide bonds. The molecule has 0 saturated carbocycles. The Labute approximate surface area is 91.7 Å². The summed E-state index contributed by atoms with van der Waals surface area (Å²) in [4.78, 5) is 7.38. The van der Waals surface area contributed by atoms with Gasteiger partial charge in [0.2, 0.25) is 0 Å². The van der Waals surface area contributed by atoms with E-state index in [1.165, 1.54) is 0 Å². The van der Waals surface area contributed by atoms with E-state index in [-0.39, 0.29) is 0 Å². The number of aromatic nitrogens is 2. The number of rotatable bonds is 1. The standard InChI is InChI=1S/C11H9BN2O2/c15-12(16)7-3-4-10-9(6-7)8-2-1-5-13-11(8)14-10/h1-6,15-16H,(H,13,14). The molecule has 0 atom stereocenters. The van der Waals surface area contributed by atoms with Crippen LogP contribution < -0.4 is 5.46 Å². The Balaban J connectivity index is 2.40. The number of benzene rings is 1. The van der Waals surface area contributed by atoms with Crippen molar-refractivity contribution in [3.63, 3.8) is 0 Å². The first-order chi connectivity index (χ1) is 7.75. The summed E-state index contributed by atoms with van der Waals surface area (Å²) >= 11 is 0. The van der Waals surface area contributed by atoms with Crippen molar-refractivity contribution in [1.29, 1.82) is 0 Å². The van der Waals surface area contributed by atoms with Gasteiger partial charge in [-0.05, 0) is 23.7 Å². The van der Waals surface area contributed by atoms with Gasteiger partial charge in [0, 0.05) is 22.5 Å². The molecule has 1 aromatic carbocycles. The third-order valence-electron chi connectivity index (χ3n) is 2.69. The van der Waals surface area contributed by atoms with E-state index in [1.807, 2.05) is 18.2 Å². The van der Waals surface area contributed by atoms with E-state index in [2.05, 4.69) is 9.97 Å². The highest BCUT2D eigenvalue weighted by molar-refractivity contribution is 6.59. The largest absolute Gasteiger partial charge is 0.488 e. The molecule has 0 aliphatic rings. The average Bonchev–Trinajstić information content (AvgIpc) is 2.66. The Morgan fingerprint density at radius 1 is 1.12 bits per heavy atom. The molecule has 0 fully saturated rings. The summed E-state index contributed by atoms with van der Waals surface area (Å²) in [7, 11) is -1.44. The molecule has 78 valence electrons. The van der Waals surface area contributed by atoms with Gasteiger partial charge in [0.1, 0.15) is 5.65 Å². The molecule has 4 nitrogen and oxygen atoms in total. The number of nitrogens with zero attached hydrogens (tertiary/aromatic N) is 1. The summed E-state index contributed by atoms with van der Waals surface area (Å²) in [5, 5.41) is 20.2. The van der Waals surface area contributed by atoms with Gasteiger partial charge >= 0.3 is 7.12 Å². The molecule has 0 unspecified atom stereocenters. The molecule has 5 heteroatoms. The monoisotopic (exact) mass is 212 g/mol. The number of H-pyrrole nitrogens is 1. The smallest absolute Gasteiger partial charge is 0.423 e. The summed E-state index contributed by atoms with van der Waals surface area (Å²) < 4.78 is 0. The van der Waals surface area contributed by atoms with Gasteiger partial charge in [0.05, 0.1) is 0 Å². The Morgan fingerprint density at radius 3 is 2.81 bits per heavy atom. The lowest BCUT2D eigenvalue weighted by atomic mass is 9.80. The fourth-order valence-corrected chi connectivity index (χ4v) is 1.90. The molecule has 0 saturated heterocycles. The summed E-state index contributed by atoms with van der Waals surface area (Å²) in [6.45, 7) is 0. The maximum absolute atomic E-state index is 9.12. The minimum atomic E-state index is -1.44. The zero-order valence-corrected chi connectivity index (χ0v) is 8.38. The molecule has 3 aromatic rings. The molecule has 3 rings (SSSR count). The van der Waals surface area contributed by atoms with Gasteiger partial charge in [-0.3, -0.25) is 0 Å². The second kappa shape index (κ2) is 3.33. The van der Waals surface area contributed by atoms with Crippen LogP contribution in [0.25, 0.3) is 21.9 Å². The first kappa shape index (κ1) is 9.39. The number of pyridine rings is 1. The number of aromatic amines is 1. The van der Waals surface area contributed by atoms with Crippen LogP contribution in [0.4, 0.5) is 0 Å². The van der Waals surface area contributed by atoms with E-state index >= 15 is 0 Å². The first-order valence-electron chi connectivity index (χ1n) is 4.98. The lowest BCUT2D eigenvalue weighted by molar-refractivity contribution is 0.426. The summed E-state index contributed by atoms with van der Waals surface area (Å²) in [5.74, 6) is 0. The first-order valence-corrected chi connectivity index (χ1v) is 4.98. The maximum Gasteiger partial charge on any atom is 0.488 e. The fraction of sp³-hybridized carbons (Fsp3) is 0. The van der Waals surface area contributed by atoms with Crippen LogP contribution in [0.15, 0.2) is 36.5 Å². The highest BCUT2D eigenvalue weighted by Gasteiger charge is 2.12. The average molecular weight is 212 g/mol. The van der Waals surface area contributed by atoms with Crippen LogP contribution in [0, 0.1) is 0 Å². The molecule has 0 aliphatic carbocycles. The number of fused-ring (bicyclic) bond motifs is 3. The minimum Gasteiger partial charge on any atom is -0.423 e. The third kappa shape index (κ3) is 1.30. The van der Waals surface area contributed by atoms with Crippen molar-refractivity contribution < 1.29 is 10.0 Å². The number of hydrogen-bond acceptors (Lipinski definition) is 3. The van der Waals surface area contributed by atoms with Gasteiger partial charge < -0.3 is 15.0 Å². The van der Waals surface area contributed by atoms with Gasteiger partial charge in [0.25, 0.3) is 0 Å². The normalized spacial score (nSPS) is 11.1. The number of hydrogen-bond donors (Lipinski definition) is 3. The summed E-state index contributed by atoms with van der Waals surface area (Å²) in [6.07, 6.45) is 1.72. The molecule has 0 spiro atoms. The zero-order chi connectivity index (χ0) is 11.1. The second-order valence-electron chi connectivity index (χ2n) is 3.70. The van der Waals surface area contributed by atoms with Crippen LogP contribution >= 0.6 is 0 Å². The predicted octanol–water partition coefficient (Wildman–Crippen LogP) is 0.396. The van der Waals surface area contributed by atoms with Gasteiger partial charge in [-0.15, -0.1) is 0 Å². The van der Waals surface area contributed by atoms with Gasteiger partial charge in [-0.25, -0.2) is 4.98 Å². The zero-order valence-electron chi connectivity index (χ0n) is 8.38. The summed E-state index contributed by atoms with van der Waals surface area (Å²) in [5.41, 5.74) is 2.23. The lowest BCUT2D eigenvalue weighted by Crippen LogP contribution is -2.29. The Morgan fingerprint density at radius 2 is 2.00 bits per heavy atom. The van der Waals surface area contributed by atoms with Crippen LogP contribution in [0.1, 0.15) is 0 Å². The van der Waals surface area contributed by atoms with Crippen molar-refractivity contribution in [2.24, 2.45) is 0 Å². The molecular weight excluding hydrogens is 203 g/mol. The fourth-order valence-electron chi connectivity index (χ4n) is 1.90. The Hall–Kier alpha value is -1.85. The van der Waals surface area contributed by atoms with Gasteiger partial charge in [0.15, 0.2) is 0 Å². The minimum absolute atomic E-state index is 0.484. The number of nitrogens with one attached hydrogen (secondary N) is 1. The van der Waals surface area contributed by atoms with E-state index in [4.69, 9.17) is 10.0 Å². The van der Waals surface area contributed by atoms with Crippen LogP contribution in [-0.2, 0) is 0 Å². The van der Waals surface area contributed by atoms with Gasteiger partial charge in [-0.2, -0.15) is 0 Å². The van der Waals surface area contributed by atoms with Crippen molar-refractivity contribution in [3.8, 4) is 0 Å². The lowest BCUT2D eigenvalue weighted by Gasteiger charge is -1.98. The molecule has 16 heavy (non-hydrogen) atoms. The SMILES string of the molecule is OB(O)c1ccc2[nH]c3ncccc3c2c1. The third-order valence-corrected chi connectivity index (χ3v) is 2.69. The highest BCUT2D eigenvalue weighted by atomic mass is 16.4.